The molecule has 3 fully saturated rings. The first-order valence-electron chi connectivity index (χ1n) is 44.5. The van der Waals surface area contributed by atoms with Crippen LogP contribution in [0.15, 0.2) is 12.2 Å². The lowest BCUT2D eigenvalue weighted by Gasteiger charge is -2.42. The number of aliphatic hydroxyl groups excluding tert-OH is 9. The van der Waals surface area contributed by atoms with Gasteiger partial charge in [-0.2, -0.15) is 0 Å². The maximum atomic E-state index is 13.9. The highest BCUT2D eigenvalue weighted by Gasteiger charge is 2.48. The van der Waals surface area contributed by atoms with E-state index in [1.165, 1.54) is 32.9 Å². The standard InChI is InChI=1S/C83H144N10O36/c1-56(97)49-59-74(109)75(110)60(50-94)127-80(59)124-31-10-5-15-63(100)84-24-8-4-9-25-85-66(103)20-35-121-53-83(92-69(106)23-34-115-39-41-117-43-45-119-47-48-120-46-44-118-42-40-116-38-30-93-70(107)18-19-71(93)108,54-122-36-21-67(104)88-28-13-26-86-64(101)16-6-11-32-125-81-72(90-57(2)98)78(113)76(111)61(51-95)128-81)55-123-37-22-68(105)89-29-14-27-87-65(102)17-7-12-33-126-82-73(91-58(3)99)79(114)77(112)62(52-96)129-82/h18-19,59-62,72-82,94-96,109-114H,4-17,20-55H2,1-3H3,(H,84,100)(H,85,103)(H,86,101)(H,87,102)(H,88,104)(H,89,105)(H,90,98)(H,91,99)(H,92,106)/t59-,60-,61-,62-,72-,73-,74-,75+,76+,77+,78-,79-,80-,81-,82-/m1/s1. The highest BCUT2D eigenvalue weighted by atomic mass is 16.7. The highest BCUT2D eigenvalue weighted by molar-refractivity contribution is 6.12. The minimum Gasteiger partial charge on any atom is -0.394 e. The maximum Gasteiger partial charge on any atom is 0.253 e. The van der Waals surface area contributed by atoms with Crippen molar-refractivity contribution in [1.29, 1.82) is 0 Å². The zero-order valence-electron chi connectivity index (χ0n) is 74.7. The van der Waals surface area contributed by atoms with E-state index in [4.69, 9.17) is 71.1 Å². The third-order valence-corrected chi connectivity index (χ3v) is 20.4. The Morgan fingerprint density at radius 1 is 0.341 bits per heavy atom. The number of ketones is 1. The van der Waals surface area contributed by atoms with E-state index in [0.29, 0.717) is 117 Å². The monoisotopic (exact) mass is 1860 g/mol. The van der Waals surface area contributed by atoms with Crippen LogP contribution in [0.3, 0.4) is 0 Å². The van der Waals surface area contributed by atoms with Gasteiger partial charge in [0, 0.05) is 142 Å². The summed E-state index contributed by atoms with van der Waals surface area (Å²) in [5.74, 6) is -5.17. The Hall–Kier alpha value is -7.18. The molecular formula is C83H144N10O36. The molecule has 0 spiro atoms. The summed E-state index contributed by atoms with van der Waals surface area (Å²) in [6.07, 6.45) is -8.05. The molecule has 0 radical (unpaired) electrons. The van der Waals surface area contributed by atoms with E-state index < -0.39 is 147 Å². The molecule has 4 heterocycles. The summed E-state index contributed by atoms with van der Waals surface area (Å²) in [5, 5.41) is 116. The van der Waals surface area contributed by atoms with Crippen LogP contribution >= 0.6 is 0 Å². The second kappa shape index (κ2) is 68.8. The summed E-state index contributed by atoms with van der Waals surface area (Å²) >= 11 is 0. The Morgan fingerprint density at radius 2 is 0.643 bits per heavy atom. The van der Waals surface area contributed by atoms with Crippen molar-refractivity contribution < 1.29 is 175 Å². The van der Waals surface area contributed by atoms with Crippen LogP contribution in [0.5, 0.6) is 0 Å². The number of nitrogens with zero attached hydrogens (tertiary/aromatic N) is 1. The first-order valence-corrected chi connectivity index (χ1v) is 44.5. The van der Waals surface area contributed by atoms with Crippen LogP contribution in [0.1, 0.15) is 143 Å². The number of carbonyl (C=O) groups is 12. The van der Waals surface area contributed by atoms with Crippen molar-refractivity contribution in [3.63, 3.8) is 0 Å². The van der Waals surface area contributed by atoms with Crippen LogP contribution in [0, 0.1) is 5.92 Å². The predicted octanol–water partition coefficient (Wildman–Crippen LogP) is -6.39. The number of hydrogen-bond acceptors (Lipinski definition) is 36. The van der Waals surface area contributed by atoms with E-state index in [0.717, 1.165) is 4.90 Å². The SMILES string of the molecule is CC(=O)C[C@H]1[C@H](OCCCCC(=O)NCCCCCNC(=O)CCOCC(COCCC(=O)NCCCNC(=O)CCCCO[C@@H]2O[C@H](CO)[C@H](O)[C@H](O)[C@H]2NC(C)=O)(COCCC(=O)NCCCNC(=O)CCCCO[C@@H]2O[C@H](CO)[C@H](O)[C@H](O)[C@H]2NC(C)=O)NC(=O)CCOCCOCCOCCOCCOCCOCCN2C(=O)C=CC2=O)O[C@H](CO)[C@H](O)[C@@H]1O. The summed E-state index contributed by atoms with van der Waals surface area (Å²) < 4.78 is 85.6. The molecule has 0 saturated carbocycles. The normalized spacial score (nSPS) is 22.8. The molecule has 0 unspecified atom stereocenters. The lowest BCUT2D eigenvalue weighted by molar-refractivity contribution is -0.285. The largest absolute Gasteiger partial charge is 0.394 e. The number of nitrogens with one attached hydrogen (secondary N) is 9. The van der Waals surface area contributed by atoms with Gasteiger partial charge >= 0.3 is 0 Å². The van der Waals surface area contributed by atoms with Gasteiger partial charge in [-0.25, -0.2) is 0 Å². The molecule has 742 valence electrons. The van der Waals surface area contributed by atoms with Crippen LogP contribution in [-0.2, 0) is 129 Å². The van der Waals surface area contributed by atoms with E-state index in [1.54, 1.807) is 0 Å². The van der Waals surface area contributed by atoms with Crippen LogP contribution in [0.25, 0.3) is 0 Å². The quantitative estimate of drug-likeness (QED) is 0.0199. The average Bonchev–Trinajstić information content (AvgIpc) is 1.61. The number of carbonyl (C=O) groups excluding carboxylic acids is 12. The fourth-order valence-electron chi connectivity index (χ4n) is 13.4. The molecule has 4 aliphatic heterocycles. The first kappa shape index (κ1) is 114. The summed E-state index contributed by atoms with van der Waals surface area (Å²) in [5.41, 5.74) is -1.49. The van der Waals surface area contributed by atoms with Gasteiger partial charge in [-0.15, -0.1) is 0 Å². The molecule has 4 aliphatic rings. The van der Waals surface area contributed by atoms with Crippen molar-refractivity contribution in [2.24, 2.45) is 5.92 Å². The van der Waals surface area contributed by atoms with Crippen molar-refractivity contribution in [3.05, 3.63) is 12.2 Å². The molecule has 0 bridgehead atoms. The molecule has 11 amide bonds. The lowest BCUT2D eigenvalue weighted by Crippen LogP contribution is -2.64. The highest BCUT2D eigenvalue weighted by Crippen LogP contribution is 2.31. The molecule has 46 heteroatoms. The van der Waals surface area contributed by atoms with E-state index in [-0.39, 0.29) is 231 Å². The van der Waals surface area contributed by atoms with Gasteiger partial charge in [-0.1, -0.05) is 0 Å². The number of rotatable bonds is 76. The molecule has 15 atom stereocenters. The van der Waals surface area contributed by atoms with Crippen LogP contribution in [0.2, 0.25) is 0 Å². The third-order valence-electron chi connectivity index (χ3n) is 20.4. The van der Waals surface area contributed by atoms with Gasteiger partial charge < -0.3 is 170 Å². The van der Waals surface area contributed by atoms with E-state index in [2.05, 4.69) is 47.9 Å². The molecule has 4 rings (SSSR count). The average molecular weight is 1860 g/mol. The Morgan fingerprint density at radius 3 is 0.992 bits per heavy atom. The van der Waals surface area contributed by atoms with E-state index in [9.17, 15) is 103 Å². The maximum absolute atomic E-state index is 13.9. The van der Waals surface area contributed by atoms with Crippen LogP contribution in [0.4, 0.5) is 0 Å². The van der Waals surface area contributed by atoms with Gasteiger partial charge in [0.2, 0.25) is 53.2 Å². The third kappa shape index (κ3) is 49.4. The molecule has 18 N–H and O–H groups in total. The zero-order valence-corrected chi connectivity index (χ0v) is 74.7. The van der Waals surface area contributed by atoms with Crippen LogP contribution in [-0.4, -0.2) is 417 Å². The second-order valence-corrected chi connectivity index (χ2v) is 31.3. The van der Waals surface area contributed by atoms with E-state index in [1.807, 2.05) is 0 Å². The number of hydrogen-bond donors (Lipinski definition) is 18. The molecular weight excluding hydrogens is 1710 g/mol. The van der Waals surface area contributed by atoms with Crippen LogP contribution < -0.4 is 47.9 Å². The van der Waals surface area contributed by atoms with Gasteiger partial charge in [0.15, 0.2) is 18.9 Å². The minimum atomic E-state index is -1.49. The Labute approximate surface area is 751 Å². The number of ether oxygens (including phenoxy) is 15. The summed E-state index contributed by atoms with van der Waals surface area (Å²) in [4.78, 5) is 151. The Balaban J connectivity index is 1.27. The summed E-state index contributed by atoms with van der Waals surface area (Å²) in [6.45, 7) is 5.43. The van der Waals surface area contributed by atoms with Crippen molar-refractivity contribution in [2.45, 2.75) is 234 Å². The van der Waals surface area contributed by atoms with Crippen molar-refractivity contribution in [2.75, 3.05) is 204 Å². The molecule has 0 aliphatic carbocycles. The smallest absolute Gasteiger partial charge is 0.253 e. The van der Waals surface area contributed by atoms with Gasteiger partial charge in [0.05, 0.1) is 151 Å². The molecule has 0 aromatic carbocycles. The number of amides is 11. The Kier molecular flexibility index (Phi) is 60.8. The number of Topliss-reactive ketones (excluding diaryl/α,β-unsaturated/α-hetero) is 1. The topological polar surface area (TPSA) is 637 Å². The van der Waals surface area contributed by atoms with E-state index >= 15 is 0 Å². The first-order chi connectivity index (χ1) is 62.1. The predicted molar refractivity (Wildman–Crippen MR) is 450 cm³/mol. The minimum absolute atomic E-state index is 0.0502. The van der Waals surface area contributed by atoms with Crippen molar-refractivity contribution in [1.82, 2.24) is 52.8 Å². The van der Waals surface area contributed by atoms with Gasteiger partial charge in [-0.3, -0.25) is 57.6 Å². The fourth-order valence-corrected chi connectivity index (χ4v) is 13.4. The van der Waals surface area contributed by atoms with Gasteiger partial charge in [0.25, 0.3) is 11.8 Å². The lowest BCUT2D eigenvalue weighted by atomic mass is 9.87. The number of aliphatic hydroxyl groups is 9. The summed E-state index contributed by atoms with van der Waals surface area (Å²) in [6, 6.07) is -2.21. The Bertz CT molecular complexity index is 3130. The van der Waals surface area contributed by atoms with Gasteiger partial charge in [-0.05, 0) is 77.6 Å². The molecule has 3 saturated heterocycles. The fraction of sp³-hybridized carbons (Fsp3) is 0.831. The number of imide groups is 1. The molecule has 46 nitrogen and oxygen atoms in total. The van der Waals surface area contributed by atoms with Gasteiger partial charge in [0.1, 0.15) is 72.2 Å². The molecule has 0 aromatic heterocycles. The number of unbranched alkanes of at least 4 members (excludes halogenated alkanes) is 5. The molecule has 0 aromatic rings. The summed E-state index contributed by atoms with van der Waals surface area (Å²) in [7, 11) is 0. The second-order valence-electron chi connectivity index (χ2n) is 31.3. The molecule has 129 heavy (non-hydrogen) atoms. The van der Waals surface area contributed by atoms with Crippen molar-refractivity contribution >= 4 is 70.8 Å². The van der Waals surface area contributed by atoms with Crippen molar-refractivity contribution in [3.8, 4) is 0 Å². The zero-order chi connectivity index (χ0) is 94.4.